The summed E-state index contributed by atoms with van der Waals surface area (Å²) in [6.07, 6.45) is 6.95. The van der Waals surface area contributed by atoms with E-state index < -0.39 is 11.9 Å². The number of rotatable bonds is 4. The highest BCUT2D eigenvalue weighted by molar-refractivity contribution is 6.14. The molecule has 1 aliphatic carbocycles. The second kappa shape index (κ2) is 6.11. The lowest BCUT2D eigenvalue weighted by Crippen LogP contribution is -2.22. The summed E-state index contributed by atoms with van der Waals surface area (Å²) in [5, 5.41) is 12.4. The number of carbonyl (C=O) groups excluding carboxylic acids is 2. The third-order valence-corrected chi connectivity index (χ3v) is 4.98. The van der Waals surface area contributed by atoms with Gasteiger partial charge in [-0.15, -0.1) is 0 Å². The SMILES string of the molecule is O=C1NC(=O)/C(=C/c2cnn3c(NC4CC4)nc(-n4cnc5ccccc54)nc23)N1. The fourth-order valence-corrected chi connectivity index (χ4v) is 3.35. The van der Waals surface area contributed by atoms with Crippen LogP contribution in [0.3, 0.4) is 0 Å². The summed E-state index contributed by atoms with van der Waals surface area (Å²) in [4.78, 5) is 37.1. The van der Waals surface area contributed by atoms with Gasteiger partial charge in [0.1, 0.15) is 12.0 Å². The zero-order valence-electron chi connectivity index (χ0n) is 15.5. The molecule has 11 heteroatoms. The molecule has 2 fully saturated rings. The van der Waals surface area contributed by atoms with Gasteiger partial charge in [-0.25, -0.2) is 9.78 Å². The molecule has 3 N–H and O–H groups in total. The molecule has 1 saturated carbocycles. The Morgan fingerprint density at radius 1 is 1.13 bits per heavy atom. The molecular weight excluding hydrogens is 386 g/mol. The Morgan fingerprint density at radius 3 is 2.80 bits per heavy atom. The van der Waals surface area contributed by atoms with Crippen LogP contribution in [0.4, 0.5) is 10.7 Å². The van der Waals surface area contributed by atoms with Crippen molar-refractivity contribution in [3.05, 3.63) is 48.1 Å². The molecule has 0 spiro atoms. The van der Waals surface area contributed by atoms with Crippen LogP contribution in [-0.4, -0.2) is 47.1 Å². The maximum absolute atomic E-state index is 11.9. The maximum Gasteiger partial charge on any atom is 0.326 e. The van der Waals surface area contributed by atoms with Gasteiger partial charge in [0, 0.05) is 11.6 Å². The van der Waals surface area contributed by atoms with Crippen LogP contribution < -0.4 is 16.0 Å². The molecule has 1 aliphatic heterocycles. The minimum Gasteiger partial charge on any atom is -0.351 e. The lowest BCUT2D eigenvalue weighted by atomic mass is 10.2. The number of nitrogens with one attached hydrogen (secondary N) is 3. The molecule has 148 valence electrons. The monoisotopic (exact) mass is 401 g/mol. The molecule has 0 radical (unpaired) electrons. The lowest BCUT2D eigenvalue weighted by Gasteiger charge is -2.09. The van der Waals surface area contributed by atoms with Crippen molar-refractivity contribution in [3.8, 4) is 5.95 Å². The van der Waals surface area contributed by atoms with Crippen LogP contribution in [0.1, 0.15) is 18.4 Å². The molecule has 30 heavy (non-hydrogen) atoms. The molecule has 6 rings (SSSR count). The molecule has 0 atom stereocenters. The number of para-hydroxylation sites is 2. The van der Waals surface area contributed by atoms with Gasteiger partial charge in [0.05, 0.1) is 17.2 Å². The number of benzene rings is 1. The highest BCUT2D eigenvalue weighted by atomic mass is 16.2. The van der Waals surface area contributed by atoms with E-state index in [1.807, 2.05) is 24.3 Å². The minimum atomic E-state index is -0.556. The predicted octanol–water partition coefficient (Wildman–Crippen LogP) is 1.22. The molecule has 0 unspecified atom stereocenters. The quantitative estimate of drug-likeness (QED) is 0.346. The number of nitrogens with zero attached hydrogens (tertiary/aromatic N) is 6. The van der Waals surface area contributed by atoms with Crippen molar-refractivity contribution in [1.29, 1.82) is 0 Å². The van der Waals surface area contributed by atoms with Crippen LogP contribution in [0.15, 0.2) is 42.5 Å². The summed E-state index contributed by atoms with van der Waals surface area (Å²) in [5.41, 5.74) is 2.93. The molecule has 4 aromatic rings. The molecule has 1 aromatic carbocycles. The molecule has 3 aromatic heterocycles. The first-order valence-electron chi connectivity index (χ1n) is 9.44. The average molecular weight is 401 g/mol. The normalized spacial score (nSPS) is 17.7. The summed E-state index contributed by atoms with van der Waals surface area (Å²) in [7, 11) is 0. The Labute approximate surface area is 168 Å². The van der Waals surface area contributed by atoms with E-state index in [1.54, 1.807) is 27.7 Å². The van der Waals surface area contributed by atoms with Gasteiger partial charge in [-0.1, -0.05) is 12.1 Å². The zero-order chi connectivity index (χ0) is 20.2. The van der Waals surface area contributed by atoms with E-state index in [0.717, 1.165) is 23.9 Å². The van der Waals surface area contributed by atoms with Gasteiger partial charge >= 0.3 is 6.03 Å². The van der Waals surface area contributed by atoms with Gasteiger partial charge in [-0.05, 0) is 31.1 Å². The van der Waals surface area contributed by atoms with Crippen molar-refractivity contribution in [3.63, 3.8) is 0 Å². The number of urea groups is 1. The van der Waals surface area contributed by atoms with Crippen LogP contribution in [-0.2, 0) is 4.79 Å². The summed E-state index contributed by atoms with van der Waals surface area (Å²) in [6.45, 7) is 0. The van der Waals surface area contributed by atoms with Crippen molar-refractivity contribution in [2.45, 2.75) is 18.9 Å². The number of imide groups is 1. The Morgan fingerprint density at radius 2 is 2.00 bits per heavy atom. The predicted molar refractivity (Wildman–Crippen MR) is 107 cm³/mol. The third-order valence-electron chi connectivity index (χ3n) is 4.98. The summed E-state index contributed by atoms with van der Waals surface area (Å²) < 4.78 is 3.41. The molecule has 3 amide bonds. The third kappa shape index (κ3) is 2.67. The van der Waals surface area contributed by atoms with E-state index in [9.17, 15) is 9.59 Å². The number of imidazole rings is 1. The van der Waals surface area contributed by atoms with Crippen LogP contribution in [0, 0.1) is 0 Å². The summed E-state index contributed by atoms with van der Waals surface area (Å²) >= 11 is 0. The summed E-state index contributed by atoms with van der Waals surface area (Å²) in [6, 6.07) is 7.51. The van der Waals surface area contributed by atoms with Gasteiger partial charge in [0.25, 0.3) is 5.91 Å². The van der Waals surface area contributed by atoms with Crippen LogP contribution in [0.5, 0.6) is 0 Å². The number of aromatic nitrogens is 6. The van der Waals surface area contributed by atoms with Gasteiger partial charge in [0.2, 0.25) is 11.9 Å². The standard InChI is InChI=1S/C19H15N9O2/c29-16-13(23-19(30)25-16)7-10-8-21-28-15(10)24-17(26-18(28)22-11-5-6-11)27-9-20-12-3-1-2-4-14(12)27/h1-4,7-9,11H,5-6H2,(H,22,24,26)(H2,23,25,29,30)/b13-7-. The van der Waals surface area contributed by atoms with Crippen molar-refractivity contribution in [2.75, 3.05) is 5.32 Å². The number of hydrogen-bond donors (Lipinski definition) is 3. The van der Waals surface area contributed by atoms with Gasteiger partial charge in [-0.3, -0.25) is 14.7 Å². The van der Waals surface area contributed by atoms with E-state index in [4.69, 9.17) is 0 Å². The van der Waals surface area contributed by atoms with Crippen molar-refractivity contribution in [1.82, 2.24) is 39.8 Å². The average Bonchev–Trinajstić information content (AvgIpc) is 3.16. The number of anilines is 1. The Hall–Kier alpha value is -4.28. The topological polar surface area (TPSA) is 131 Å². The first-order valence-corrected chi connectivity index (χ1v) is 9.44. The Bertz CT molecular complexity index is 1380. The molecule has 2 aliphatic rings. The number of fused-ring (bicyclic) bond motifs is 2. The van der Waals surface area contributed by atoms with Crippen molar-refractivity contribution < 1.29 is 9.59 Å². The maximum atomic E-state index is 11.9. The van der Waals surface area contributed by atoms with Crippen LogP contribution >= 0.6 is 0 Å². The fourth-order valence-electron chi connectivity index (χ4n) is 3.35. The molecule has 11 nitrogen and oxygen atoms in total. The van der Waals surface area contributed by atoms with Crippen LogP contribution in [0.2, 0.25) is 0 Å². The van der Waals surface area contributed by atoms with E-state index in [2.05, 4.69) is 36.0 Å². The molecule has 1 saturated heterocycles. The number of hydrogen-bond acceptors (Lipinski definition) is 7. The number of amides is 3. The van der Waals surface area contributed by atoms with E-state index in [-0.39, 0.29) is 5.70 Å². The lowest BCUT2D eigenvalue weighted by molar-refractivity contribution is -0.115. The van der Waals surface area contributed by atoms with Crippen molar-refractivity contribution >= 4 is 40.6 Å². The zero-order valence-corrected chi connectivity index (χ0v) is 15.5. The Balaban J connectivity index is 1.54. The van der Waals surface area contributed by atoms with E-state index in [1.165, 1.54) is 0 Å². The van der Waals surface area contributed by atoms with Gasteiger partial charge in [0.15, 0.2) is 5.65 Å². The smallest absolute Gasteiger partial charge is 0.326 e. The largest absolute Gasteiger partial charge is 0.351 e. The highest BCUT2D eigenvalue weighted by Gasteiger charge is 2.26. The van der Waals surface area contributed by atoms with E-state index >= 15 is 0 Å². The molecule has 4 heterocycles. The molecule has 0 bridgehead atoms. The second-order valence-electron chi connectivity index (χ2n) is 7.17. The van der Waals surface area contributed by atoms with Gasteiger partial charge in [-0.2, -0.15) is 19.6 Å². The number of carbonyl (C=O) groups is 2. The summed E-state index contributed by atoms with van der Waals surface area (Å²) in [5.74, 6) is 0.491. The van der Waals surface area contributed by atoms with E-state index in [0.29, 0.717) is 29.1 Å². The minimum absolute atomic E-state index is 0.139. The first kappa shape index (κ1) is 16.7. The second-order valence-corrected chi connectivity index (χ2v) is 7.17. The van der Waals surface area contributed by atoms with Crippen LogP contribution in [0.25, 0.3) is 28.7 Å². The Kier molecular flexibility index (Phi) is 3.39. The highest BCUT2D eigenvalue weighted by Crippen LogP contribution is 2.26. The molecular formula is C19H15N9O2. The van der Waals surface area contributed by atoms with Crippen molar-refractivity contribution in [2.24, 2.45) is 0 Å². The fraction of sp³-hybridized carbons (Fsp3) is 0.158. The van der Waals surface area contributed by atoms with Gasteiger partial charge < -0.3 is 10.6 Å². The first-order chi connectivity index (χ1) is 14.7.